The number of H-pyrrole nitrogens is 1. The molecule has 0 aliphatic rings. The van der Waals surface area contributed by atoms with E-state index in [-0.39, 0.29) is 0 Å². The van der Waals surface area contributed by atoms with Gasteiger partial charge in [0.05, 0.1) is 5.69 Å². The summed E-state index contributed by atoms with van der Waals surface area (Å²) in [4.78, 5) is 6.99. The molecule has 1 heterocycles. The Kier molecular flexibility index (Phi) is 2.47. The van der Waals surface area contributed by atoms with E-state index in [1.54, 1.807) is 0 Å². The minimum Gasteiger partial charge on any atom is -0.341 e. The van der Waals surface area contributed by atoms with E-state index in [1.807, 2.05) is 30.5 Å². The number of aromatic nitrogens is 2. The fraction of sp³-hybridized carbons (Fsp3) is 0. The van der Waals surface area contributed by atoms with Crippen molar-refractivity contribution in [2.75, 3.05) is 0 Å². The fourth-order valence-corrected chi connectivity index (χ4v) is 1.86. The molecule has 1 N–H and O–H groups in total. The molecule has 0 spiro atoms. The summed E-state index contributed by atoms with van der Waals surface area (Å²) in [6, 6.07) is 18.7. The van der Waals surface area contributed by atoms with Gasteiger partial charge in [-0.2, -0.15) is 0 Å². The average molecular weight is 219 g/mol. The van der Waals surface area contributed by atoms with Crippen LogP contribution in [0.5, 0.6) is 0 Å². The summed E-state index contributed by atoms with van der Waals surface area (Å²) in [5.74, 6) is 0. The highest BCUT2D eigenvalue weighted by atomic mass is 14.9. The van der Waals surface area contributed by atoms with Crippen LogP contribution in [0.3, 0.4) is 0 Å². The van der Waals surface area contributed by atoms with Crippen LogP contribution in [0.2, 0.25) is 0 Å². The van der Waals surface area contributed by atoms with Crippen molar-refractivity contribution in [3.05, 3.63) is 67.1 Å². The first-order chi connectivity index (χ1) is 8.43. The first-order valence-corrected chi connectivity index (χ1v) is 5.51. The lowest BCUT2D eigenvalue weighted by atomic mass is 10.0. The van der Waals surface area contributed by atoms with E-state index in [2.05, 4.69) is 46.6 Å². The number of nitrogens with zero attached hydrogens (tertiary/aromatic N) is 1. The molecule has 2 aromatic carbocycles. The molecule has 0 aliphatic carbocycles. The van der Waals surface area contributed by atoms with Crippen LogP contribution in [-0.4, -0.2) is 9.97 Å². The summed E-state index contributed by atoms with van der Waals surface area (Å²) in [7, 11) is 0. The first-order valence-electron chi connectivity index (χ1n) is 5.51. The van der Waals surface area contributed by atoms with Crippen molar-refractivity contribution in [2.45, 2.75) is 0 Å². The maximum absolute atomic E-state index is 4.14. The van der Waals surface area contributed by atoms with Crippen LogP contribution in [-0.2, 0) is 0 Å². The summed E-state index contributed by atoms with van der Waals surface area (Å²) in [5, 5.41) is 0. The number of nitrogens with one attached hydrogen (secondary N) is 1. The van der Waals surface area contributed by atoms with E-state index in [1.165, 1.54) is 11.1 Å². The molecule has 2 heteroatoms. The minimum absolute atomic E-state index is 0.919. The molecule has 0 bridgehead atoms. The molecule has 0 saturated carbocycles. The maximum Gasteiger partial charge on any atom is 0.174 e. The summed E-state index contributed by atoms with van der Waals surface area (Å²) in [6.45, 7) is 0. The van der Waals surface area contributed by atoms with Gasteiger partial charge in [-0.3, -0.25) is 0 Å². The zero-order valence-corrected chi connectivity index (χ0v) is 9.22. The van der Waals surface area contributed by atoms with Crippen LogP contribution in [0.25, 0.3) is 22.4 Å². The predicted octanol–water partition coefficient (Wildman–Crippen LogP) is 3.54. The van der Waals surface area contributed by atoms with Crippen molar-refractivity contribution < 1.29 is 0 Å². The number of hydrogen-bond acceptors (Lipinski definition) is 1. The van der Waals surface area contributed by atoms with Gasteiger partial charge in [0.15, 0.2) is 6.33 Å². The van der Waals surface area contributed by atoms with Gasteiger partial charge < -0.3 is 4.98 Å². The Morgan fingerprint density at radius 2 is 1.59 bits per heavy atom. The van der Waals surface area contributed by atoms with E-state index in [0.29, 0.717) is 0 Å². The summed E-state index contributed by atoms with van der Waals surface area (Å²) in [6.07, 6.45) is 4.56. The normalized spacial score (nSPS) is 10.4. The van der Waals surface area contributed by atoms with Crippen LogP contribution in [0.1, 0.15) is 0 Å². The van der Waals surface area contributed by atoms with E-state index >= 15 is 0 Å². The highest BCUT2D eigenvalue weighted by molar-refractivity contribution is 5.70. The smallest absolute Gasteiger partial charge is 0.174 e. The molecule has 1 radical (unpaired) electrons. The van der Waals surface area contributed by atoms with Crippen molar-refractivity contribution >= 4 is 0 Å². The number of imidazole rings is 1. The number of rotatable bonds is 2. The zero-order valence-electron chi connectivity index (χ0n) is 9.22. The molecular weight excluding hydrogens is 208 g/mol. The van der Waals surface area contributed by atoms with Crippen LogP contribution >= 0.6 is 0 Å². The first kappa shape index (κ1) is 9.85. The largest absolute Gasteiger partial charge is 0.341 e. The van der Waals surface area contributed by atoms with Gasteiger partial charge in [-0.25, -0.2) is 4.98 Å². The number of aromatic amines is 1. The lowest BCUT2D eigenvalue weighted by Gasteiger charge is -2.03. The van der Waals surface area contributed by atoms with Gasteiger partial charge in [0.1, 0.15) is 0 Å². The quantitative estimate of drug-likeness (QED) is 0.701. The second kappa shape index (κ2) is 4.26. The van der Waals surface area contributed by atoms with Gasteiger partial charge in [-0.05, 0) is 17.2 Å². The molecule has 0 amide bonds. The fourth-order valence-electron chi connectivity index (χ4n) is 1.86. The van der Waals surface area contributed by atoms with E-state index in [0.717, 1.165) is 11.3 Å². The van der Waals surface area contributed by atoms with Crippen molar-refractivity contribution in [3.63, 3.8) is 0 Å². The second-order valence-electron chi connectivity index (χ2n) is 3.84. The van der Waals surface area contributed by atoms with E-state index in [4.69, 9.17) is 0 Å². The molecule has 0 atom stereocenters. The Labute approximate surface area is 100.0 Å². The molecule has 3 rings (SSSR count). The lowest BCUT2D eigenvalue weighted by Crippen LogP contribution is -1.80. The highest BCUT2D eigenvalue weighted by Gasteiger charge is 2.02. The maximum atomic E-state index is 4.14. The number of benzene rings is 2. The van der Waals surface area contributed by atoms with Crippen LogP contribution < -0.4 is 0 Å². The summed E-state index contributed by atoms with van der Waals surface area (Å²) >= 11 is 0. The lowest BCUT2D eigenvalue weighted by molar-refractivity contribution is 1.29. The van der Waals surface area contributed by atoms with E-state index in [9.17, 15) is 0 Å². The van der Waals surface area contributed by atoms with Gasteiger partial charge in [0, 0.05) is 11.8 Å². The van der Waals surface area contributed by atoms with Crippen molar-refractivity contribution in [1.29, 1.82) is 0 Å². The van der Waals surface area contributed by atoms with Gasteiger partial charge in [-0.1, -0.05) is 48.5 Å². The number of hydrogen-bond donors (Lipinski definition) is 1. The summed E-state index contributed by atoms with van der Waals surface area (Å²) < 4.78 is 0. The third-order valence-electron chi connectivity index (χ3n) is 2.72. The zero-order chi connectivity index (χ0) is 11.5. The molecule has 2 nitrogen and oxygen atoms in total. The molecule has 3 aromatic rings. The Hall–Kier alpha value is -2.35. The monoisotopic (exact) mass is 219 g/mol. The molecule has 0 fully saturated rings. The van der Waals surface area contributed by atoms with Crippen molar-refractivity contribution in [1.82, 2.24) is 9.97 Å². The van der Waals surface area contributed by atoms with Gasteiger partial charge >= 0.3 is 0 Å². The second-order valence-corrected chi connectivity index (χ2v) is 3.84. The molecule has 0 unspecified atom stereocenters. The molecule has 1 aromatic heterocycles. The third-order valence-corrected chi connectivity index (χ3v) is 2.72. The molecule has 0 saturated heterocycles. The molecular formula is C15H11N2. The molecule has 0 aliphatic heterocycles. The minimum atomic E-state index is 0.919. The Morgan fingerprint density at radius 1 is 0.824 bits per heavy atom. The SMILES string of the molecule is [c]1nc(-c2cccc(-c3ccccc3)c2)c[nH]1. The Balaban J connectivity index is 2.06. The van der Waals surface area contributed by atoms with Gasteiger partial charge in [0.2, 0.25) is 0 Å². The van der Waals surface area contributed by atoms with Crippen LogP contribution in [0.4, 0.5) is 0 Å². The summed E-state index contributed by atoms with van der Waals surface area (Å²) in [5.41, 5.74) is 4.44. The Bertz CT molecular complexity index is 598. The van der Waals surface area contributed by atoms with E-state index < -0.39 is 0 Å². The highest BCUT2D eigenvalue weighted by Crippen LogP contribution is 2.24. The predicted molar refractivity (Wildman–Crippen MR) is 68.3 cm³/mol. The van der Waals surface area contributed by atoms with Crippen molar-refractivity contribution in [2.24, 2.45) is 0 Å². The molecule has 17 heavy (non-hydrogen) atoms. The van der Waals surface area contributed by atoms with Gasteiger partial charge in [0.25, 0.3) is 0 Å². The third kappa shape index (κ3) is 1.97. The molecule has 81 valence electrons. The topological polar surface area (TPSA) is 28.7 Å². The standard InChI is InChI=1S/C15H11N2/c1-2-5-12(6-3-1)13-7-4-8-14(9-13)15-10-16-11-17-15/h1-10H,(H,16,17). The van der Waals surface area contributed by atoms with Crippen LogP contribution in [0.15, 0.2) is 60.8 Å². The Morgan fingerprint density at radius 3 is 2.35 bits per heavy atom. The van der Waals surface area contributed by atoms with Crippen molar-refractivity contribution in [3.8, 4) is 22.4 Å². The average Bonchev–Trinajstić information content (AvgIpc) is 2.94. The van der Waals surface area contributed by atoms with Crippen LogP contribution in [0, 0.1) is 6.33 Å². The van der Waals surface area contributed by atoms with Gasteiger partial charge in [-0.15, -0.1) is 0 Å².